The standard InChI is InChI=1S/C22H27N3O3S/c1-4-16-19(21(26)28-5-2)17(25-22(27)24-16)13-23-20(18-7-6-12-29-18)15-10-8-14(3)9-11-15/h6-12,16,20,23H,4-5,13H2,1-3H3,(H2,24,25,27)/t16-,20+/m1/s1. The van der Waals surface area contributed by atoms with Gasteiger partial charge in [0.05, 0.1) is 24.3 Å². The Balaban J connectivity index is 1.90. The third kappa shape index (κ3) is 5.05. The van der Waals surface area contributed by atoms with Crippen molar-refractivity contribution in [2.75, 3.05) is 13.2 Å². The molecule has 1 aromatic heterocycles. The second kappa shape index (κ2) is 9.71. The Morgan fingerprint density at radius 1 is 1.24 bits per heavy atom. The molecule has 0 aliphatic carbocycles. The van der Waals surface area contributed by atoms with Gasteiger partial charge in [-0.25, -0.2) is 9.59 Å². The summed E-state index contributed by atoms with van der Waals surface area (Å²) in [6.07, 6.45) is 0.609. The number of aryl methyl sites for hydroxylation is 1. The number of ether oxygens (including phenoxy) is 1. The maximum Gasteiger partial charge on any atom is 0.337 e. The van der Waals surface area contributed by atoms with E-state index < -0.39 is 5.97 Å². The predicted octanol–water partition coefficient (Wildman–Crippen LogP) is 3.64. The summed E-state index contributed by atoms with van der Waals surface area (Å²) in [5, 5.41) is 11.2. The second-order valence-corrected chi connectivity index (χ2v) is 7.89. The number of thiophene rings is 1. The first-order valence-corrected chi connectivity index (χ1v) is 10.7. The van der Waals surface area contributed by atoms with Crippen molar-refractivity contribution < 1.29 is 14.3 Å². The monoisotopic (exact) mass is 413 g/mol. The molecule has 7 heteroatoms. The fourth-order valence-electron chi connectivity index (χ4n) is 3.40. The van der Waals surface area contributed by atoms with Crippen LogP contribution in [0.5, 0.6) is 0 Å². The summed E-state index contributed by atoms with van der Waals surface area (Å²) in [5.74, 6) is -0.397. The number of hydrogen-bond donors (Lipinski definition) is 3. The minimum Gasteiger partial charge on any atom is -0.463 e. The van der Waals surface area contributed by atoms with Crippen LogP contribution in [0.3, 0.4) is 0 Å². The molecular weight excluding hydrogens is 386 g/mol. The molecule has 2 amide bonds. The molecule has 2 atom stereocenters. The molecule has 0 saturated heterocycles. The number of nitrogens with one attached hydrogen (secondary N) is 3. The van der Waals surface area contributed by atoms with Gasteiger partial charge < -0.3 is 15.4 Å². The van der Waals surface area contributed by atoms with Gasteiger partial charge in [0.1, 0.15) is 0 Å². The van der Waals surface area contributed by atoms with E-state index in [0.717, 1.165) is 5.56 Å². The van der Waals surface area contributed by atoms with Crippen molar-refractivity contribution in [3.8, 4) is 0 Å². The van der Waals surface area contributed by atoms with E-state index in [-0.39, 0.29) is 24.7 Å². The quantitative estimate of drug-likeness (QED) is 0.577. The zero-order valence-electron chi connectivity index (χ0n) is 17.0. The van der Waals surface area contributed by atoms with Crippen LogP contribution in [0.1, 0.15) is 42.3 Å². The van der Waals surface area contributed by atoms with E-state index in [1.807, 2.05) is 18.4 Å². The molecule has 2 heterocycles. The number of hydrogen-bond acceptors (Lipinski definition) is 5. The molecule has 3 rings (SSSR count). The molecule has 0 fully saturated rings. The smallest absolute Gasteiger partial charge is 0.337 e. The first-order valence-electron chi connectivity index (χ1n) is 9.84. The van der Waals surface area contributed by atoms with Crippen LogP contribution >= 0.6 is 11.3 Å². The predicted molar refractivity (Wildman–Crippen MR) is 115 cm³/mol. The van der Waals surface area contributed by atoms with E-state index in [4.69, 9.17) is 4.74 Å². The van der Waals surface area contributed by atoms with Crippen LogP contribution in [0.4, 0.5) is 4.79 Å². The van der Waals surface area contributed by atoms with E-state index in [1.165, 1.54) is 10.4 Å². The molecule has 154 valence electrons. The van der Waals surface area contributed by atoms with Gasteiger partial charge in [-0.05, 0) is 37.3 Å². The molecule has 2 aromatic rings. The molecule has 0 unspecified atom stereocenters. The number of carbonyl (C=O) groups excluding carboxylic acids is 2. The van der Waals surface area contributed by atoms with Crippen molar-refractivity contribution in [1.29, 1.82) is 0 Å². The number of rotatable bonds is 8. The zero-order valence-corrected chi connectivity index (χ0v) is 17.8. The number of carbonyl (C=O) groups is 2. The Hall–Kier alpha value is -2.64. The average Bonchev–Trinajstić information content (AvgIpc) is 3.23. The Labute approximate surface area is 175 Å². The molecule has 3 N–H and O–H groups in total. The van der Waals surface area contributed by atoms with Gasteiger partial charge in [-0.3, -0.25) is 5.32 Å². The normalized spacial score (nSPS) is 17.5. The summed E-state index contributed by atoms with van der Waals surface area (Å²) in [7, 11) is 0. The molecule has 0 spiro atoms. The second-order valence-electron chi connectivity index (χ2n) is 6.91. The third-order valence-corrected chi connectivity index (χ3v) is 5.81. The van der Waals surface area contributed by atoms with Gasteiger partial charge in [-0.1, -0.05) is 42.8 Å². The molecule has 6 nitrogen and oxygen atoms in total. The molecule has 0 radical (unpaired) electrons. The van der Waals surface area contributed by atoms with Crippen molar-refractivity contribution in [3.63, 3.8) is 0 Å². The van der Waals surface area contributed by atoms with Gasteiger partial charge in [0, 0.05) is 17.1 Å². The van der Waals surface area contributed by atoms with E-state index in [9.17, 15) is 9.59 Å². The Morgan fingerprint density at radius 2 is 2.00 bits per heavy atom. The van der Waals surface area contributed by atoms with Gasteiger partial charge in [0.25, 0.3) is 0 Å². The lowest BCUT2D eigenvalue weighted by Gasteiger charge is -2.29. The minimum atomic E-state index is -0.397. The molecule has 0 bridgehead atoms. The van der Waals surface area contributed by atoms with Gasteiger partial charge in [-0.15, -0.1) is 11.3 Å². The van der Waals surface area contributed by atoms with Crippen molar-refractivity contribution in [3.05, 3.63) is 69.1 Å². The maximum atomic E-state index is 12.6. The molecule has 1 aromatic carbocycles. The highest BCUT2D eigenvalue weighted by molar-refractivity contribution is 7.10. The van der Waals surface area contributed by atoms with E-state index in [0.29, 0.717) is 24.2 Å². The third-order valence-electron chi connectivity index (χ3n) is 4.87. The lowest BCUT2D eigenvalue weighted by atomic mass is 9.99. The largest absolute Gasteiger partial charge is 0.463 e. The Morgan fingerprint density at radius 3 is 2.62 bits per heavy atom. The van der Waals surface area contributed by atoms with Crippen LogP contribution in [0.15, 0.2) is 53.0 Å². The highest BCUT2D eigenvalue weighted by Gasteiger charge is 2.31. The van der Waals surface area contributed by atoms with Crippen LogP contribution in [0, 0.1) is 6.92 Å². The summed E-state index contributed by atoms with van der Waals surface area (Å²) < 4.78 is 5.24. The highest BCUT2D eigenvalue weighted by Crippen LogP contribution is 2.27. The number of esters is 1. The average molecular weight is 414 g/mol. The summed E-state index contributed by atoms with van der Waals surface area (Å²) >= 11 is 1.67. The topological polar surface area (TPSA) is 79.5 Å². The Kier molecular flexibility index (Phi) is 7.06. The molecular formula is C22H27N3O3S. The number of amides is 2. The van der Waals surface area contributed by atoms with Crippen LogP contribution in [0.25, 0.3) is 0 Å². The van der Waals surface area contributed by atoms with Crippen LogP contribution in [-0.4, -0.2) is 31.2 Å². The van der Waals surface area contributed by atoms with Gasteiger partial charge >= 0.3 is 12.0 Å². The van der Waals surface area contributed by atoms with Crippen LogP contribution < -0.4 is 16.0 Å². The first-order chi connectivity index (χ1) is 14.0. The SMILES string of the molecule is CCOC(=O)C1=C(CN[C@@H](c2ccc(C)cc2)c2cccs2)NC(=O)N[C@@H]1CC. The van der Waals surface area contributed by atoms with E-state index in [2.05, 4.69) is 53.2 Å². The fraction of sp³-hybridized carbons (Fsp3) is 0.364. The van der Waals surface area contributed by atoms with E-state index in [1.54, 1.807) is 18.3 Å². The Bertz CT molecular complexity index is 875. The van der Waals surface area contributed by atoms with Crippen molar-refractivity contribution in [1.82, 2.24) is 16.0 Å². The van der Waals surface area contributed by atoms with Crippen LogP contribution in [-0.2, 0) is 9.53 Å². The highest BCUT2D eigenvalue weighted by atomic mass is 32.1. The van der Waals surface area contributed by atoms with Crippen molar-refractivity contribution >= 4 is 23.3 Å². The summed E-state index contributed by atoms with van der Waals surface area (Å²) in [6, 6.07) is 11.8. The van der Waals surface area contributed by atoms with E-state index >= 15 is 0 Å². The summed E-state index contributed by atoms with van der Waals surface area (Å²) in [5.41, 5.74) is 3.37. The lowest BCUT2D eigenvalue weighted by molar-refractivity contribution is -0.139. The van der Waals surface area contributed by atoms with Crippen molar-refractivity contribution in [2.24, 2.45) is 0 Å². The van der Waals surface area contributed by atoms with Gasteiger partial charge in [-0.2, -0.15) is 0 Å². The van der Waals surface area contributed by atoms with Crippen LogP contribution in [0.2, 0.25) is 0 Å². The maximum absolute atomic E-state index is 12.6. The molecule has 29 heavy (non-hydrogen) atoms. The first kappa shape index (κ1) is 21.1. The zero-order chi connectivity index (χ0) is 20.8. The molecule has 0 saturated carbocycles. The van der Waals surface area contributed by atoms with Gasteiger partial charge in [0.15, 0.2) is 0 Å². The van der Waals surface area contributed by atoms with Crippen molar-refractivity contribution in [2.45, 2.75) is 39.3 Å². The number of benzene rings is 1. The van der Waals surface area contributed by atoms with Gasteiger partial charge in [0.2, 0.25) is 0 Å². The number of urea groups is 1. The summed E-state index contributed by atoms with van der Waals surface area (Å²) in [4.78, 5) is 25.8. The summed E-state index contributed by atoms with van der Waals surface area (Å²) in [6.45, 7) is 6.39. The minimum absolute atomic E-state index is 0.0431. The molecule has 1 aliphatic heterocycles. The fourth-order valence-corrected chi connectivity index (χ4v) is 4.23. The lowest BCUT2D eigenvalue weighted by Crippen LogP contribution is -2.52. The molecule has 1 aliphatic rings.